The SMILES string of the molecule is C/C(CC[C@@H]1[C@]2(C)CCCC(C)(C)[C@@H]2CC[C@@]1(C)O)=N\NC(N)=O. The molecule has 0 bridgehead atoms. The van der Waals surface area contributed by atoms with Gasteiger partial charge in [-0.3, -0.25) is 0 Å². The fourth-order valence-corrected chi connectivity index (χ4v) is 5.83. The number of fused-ring (bicyclic) bond motifs is 1. The second kappa shape index (κ2) is 6.66. The van der Waals surface area contributed by atoms with Gasteiger partial charge in [0.05, 0.1) is 5.60 Å². The van der Waals surface area contributed by atoms with E-state index in [1.54, 1.807) is 0 Å². The van der Waals surface area contributed by atoms with Crippen LogP contribution in [0.1, 0.15) is 79.6 Å². The summed E-state index contributed by atoms with van der Waals surface area (Å²) in [4.78, 5) is 10.8. The number of hydrazone groups is 1. The van der Waals surface area contributed by atoms with Crippen LogP contribution >= 0.6 is 0 Å². The van der Waals surface area contributed by atoms with Crippen molar-refractivity contribution in [3.05, 3.63) is 0 Å². The number of carbonyl (C=O) groups excluding carboxylic acids is 1. The van der Waals surface area contributed by atoms with E-state index in [9.17, 15) is 9.90 Å². The van der Waals surface area contributed by atoms with Gasteiger partial charge in [-0.1, -0.05) is 27.2 Å². The van der Waals surface area contributed by atoms with Gasteiger partial charge in [-0.2, -0.15) is 5.10 Å². The van der Waals surface area contributed by atoms with Gasteiger partial charge in [0.1, 0.15) is 0 Å². The lowest BCUT2D eigenvalue weighted by atomic mass is 9.45. The van der Waals surface area contributed by atoms with E-state index in [0.717, 1.165) is 31.4 Å². The molecule has 5 nitrogen and oxygen atoms in total. The Hall–Kier alpha value is -1.10. The van der Waals surface area contributed by atoms with Gasteiger partial charge in [-0.15, -0.1) is 0 Å². The van der Waals surface area contributed by atoms with Crippen LogP contribution in [0.3, 0.4) is 0 Å². The molecule has 2 saturated carbocycles. The van der Waals surface area contributed by atoms with E-state index < -0.39 is 11.6 Å². The van der Waals surface area contributed by atoms with Crippen molar-refractivity contribution < 1.29 is 9.90 Å². The summed E-state index contributed by atoms with van der Waals surface area (Å²) in [5.74, 6) is 0.909. The molecule has 138 valence electrons. The number of carbonyl (C=O) groups is 1. The first-order valence-electron chi connectivity index (χ1n) is 9.30. The normalized spacial score (nSPS) is 39.2. The number of rotatable bonds is 4. The van der Waals surface area contributed by atoms with Crippen LogP contribution in [-0.4, -0.2) is 22.5 Å². The Bertz CT molecular complexity index is 513. The molecule has 24 heavy (non-hydrogen) atoms. The van der Waals surface area contributed by atoms with Crippen LogP contribution in [0.15, 0.2) is 5.10 Å². The molecule has 2 aliphatic rings. The molecular formula is C19H35N3O2. The van der Waals surface area contributed by atoms with Gasteiger partial charge in [0.2, 0.25) is 0 Å². The number of hydrogen-bond donors (Lipinski definition) is 3. The number of nitrogens with two attached hydrogens (primary N) is 1. The molecule has 0 aromatic carbocycles. The maximum absolute atomic E-state index is 11.1. The van der Waals surface area contributed by atoms with Gasteiger partial charge >= 0.3 is 6.03 Å². The molecule has 0 unspecified atom stereocenters. The minimum Gasteiger partial charge on any atom is -0.390 e. The van der Waals surface area contributed by atoms with E-state index in [-0.39, 0.29) is 11.3 Å². The Morgan fingerprint density at radius 1 is 1.25 bits per heavy atom. The Labute approximate surface area is 146 Å². The summed E-state index contributed by atoms with van der Waals surface area (Å²) in [6, 6.07) is -0.639. The summed E-state index contributed by atoms with van der Waals surface area (Å²) in [5.41, 5.74) is 8.10. The minimum absolute atomic E-state index is 0.168. The monoisotopic (exact) mass is 337 g/mol. The third-order valence-electron chi connectivity index (χ3n) is 6.91. The second-order valence-electron chi connectivity index (χ2n) is 9.21. The zero-order valence-electron chi connectivity index (χ0n) is 16.0. The molecular weight excluding hydrogens is 302 g/mol. The highest BCUT2D eigenvalue weighted by Gasteiger charge is 2.57. The third-order valence-corrected chi connectivity index (χ3v) is 6.91. The van der Waals surface area contributed by atoms with Crippen LogP contribution < -0.4 is 11.2 Å². The molecule has 0 heterocycles. The number of urea groups is 1. The summed E-state index contributed by atoms with van der Waals surface area (Å²) >= 11 is 0. The van der Waals surface area contributed by atoms with Crippen molar-refractivity contribution in [3.8, 4) is 0 Å². The zero-order chi connectivity index (χ0) is 18.2. The minimum atomic E-state index is -0.639. The van der Waals surface area contributed by atoms with E-state index in [1.165, 1.54) is 19.3 Å². The fraction of sp³-hybridized carbons (Fsp3) is 0.895. The van der Waals surface area contributed by atoms with E-state index in [0.29, 0.717) is 11.3 Å². The van der Waals surface area contributed by atoms with Crippen molar-refractivity contribution in [1.82, 2.24) is 5.43 Å². The summed E-state index contributed by atoms with van der Waals surface area (Å²) in [7, 11) is 0. The van der Waals surface area contributed by atoms with Crippen LogP contribution in [0.4, 0.5) is 4.79 Å². The molecule has 5 heteroatoms. The van der Waals surface area contributed by atoms with Crippen molar-refractivity contribution in [2.45, 2.75) is 85.2 Å². The topological polar surface area (TPSA) is 87.7 Å². The summed E-state index contributed by atoms with van der Waals surface area (Å²) in [6.45, 7) is 11.1. The summed E-state index contributed by atoms with van der Waals surface area (Å²) < 4.78 is 0. The summed E-state index contributed by atoms with van der Waals surface area (Å²) in [6.07, 6.45) is 7.36. The Morgan fingerprint density at radius 2 is 1.92 bits per heavy atom. The van der Waals surface area contributed by atoms with Crippen molar-refractivity contribution in [1.29, 1.82) is 0 Å². The average molecular weight is 338 g/mol. The Balaban J connectivity index is 2.18. The maximum atomic E-state index is 11.1. The smallest absolute Gasteiger partial charge is 0.332 e. The van der Waals surface area contributed by atoms with Gasteiger partial charge in [0.25, 0.3) is 0 Å². The van der Waals surface area contributed by atoms with E-state index in [4.69, 9.17) is 5.73 Å². The summed E-state index contributed by atoms with van der Waals surface area (Å²) in [5, 5.41) is 15.1. The molecule has 4 atom stereocenters. The lowest BCUT2D eigenvalue weighted by Gasteiger charge is -2.61. The molecule has 0 aromatic rings. The van der Waals surface area contributed by atoms with Gasteiger partial charge < -0.3 is 10.8 Å². The molecule has 0 aliphatic heterocycles. The highest BCUT2D eigenvalue weighted by atomic mass is 16.3. The van der Waals surface area contributed by atoms with E-state index in [2.05, 4.69) is 31.3 Å². The molecule has 0 aromatic heterocycles. The molecule has 0 saturated heterocycles. The van der Waals surface area contributed by atoms with Crippen molar-refractivity contribution >= 4 is 11.7 Å². The predicted octanol–water partition coefficient (Wildman–Crippen LogP) is 3.80. The first-order valence-corrected chi connectivity index (χ1v) is 9.30. The number of nitrogens with one attached hydrogen (secondary N) is 1. The van der Waals surface area contributed by atoms with E-state index in [1.807, 2.05) is 13.8 Å². The van der Waals surface area contributed by atoms with Crippen LogP contribution in [0, 0.1) is 22.7 Å². The molecule has 0 spiro atoms. The molecule has 0 radical (unpaired) electrons. The third kappa shape index (κ3) is 3.76. The maximum Gasteiger partial charge on any atom is 0.332 e. The number of amides is 2. The predicted molar refractivity (Wildman–Crippen MR) is 97.6 cm³/mol. The number of primary amides is 1. The van der Waals surface area contributed by atoms with Gasteiger partial charge in [-0.05, 0) is 75.0 Å². The van der Waals surface area contributed by atoms with Gasteiger partial charge in [0.15, 0.2) is 0 Å². The highest BCUT2D eigenvalue weighted by Crippen LogP contribution is 2.62. The largest absolute Gasteiger partial charge is 0.390 e. The number of nitrogens with zero attached hydrogens (tertiary/aromatic N) is 1. The lowest BCUT2D eigenvalue weighted by molar-refractivity contribution is -0.168. The van der Waals surface area contributed by atoms with Gasteiger partial charge in [0, 0.05) is 5.71 Å². The second-order valence-corrected chi connectivity index (χ2v) is 9.21. The average Bonchev–Trinajstić information content (AvgIpc) is 2.42. The first kappa shape index (κ1) is 19.2. The van der Waals surface area contributed by atoms with Crippen molar-refractivity contribution in [2.75, 3.05) is 0 Å². The number of aliphatic hydroxyl groups is 1. The lowest BCUT2D eigenvalue weighted by Crippen LogP contribution is -2.57. The van der Waals surface area contributed by atoms with Crippen LogP contribution in [0.2, 0.25) is 0 Å². The van der Waals surface area contributed by atoms with Crippen LogP contribution in [0.5, 0.6) is 0 Å². The Kier molecular flexibility index (Phi) is 5.34. The zero-order valence-corrected chi connectivity index (χ0v) is 16.0. The van der Waals surface area contributed by atoms with Crippen molar-refractivity contribution in [3.63, 3.8) is 0 Å². The van der Waals surface area contributed by atoms with Gasteiger partial charge in [-0.25, -0.2) is 10.2 Å². The highest BCUT2D eigenvalue weighted by molar-refractivity contribution is 5.83. The molecule has 2 rings (SSSR count). The quantitative estimate of drug-likeness (QED) is 0.538. The molecule has 2 amide bonds. The van der Waals surface area contributed by atoms with E-state index >= 15 is 0 Å². The van der Waals surface area contributed by atoms with Crippen LogP contribution in [-0.2, 0) is 0 Å². The molecule has 4 N–H and O–H groups in total. The number of hydrogen-bond acceptors (Lipinski definition) is 3. The Morgan fingerprint density at radius 3 is 2.54 bits per heavy atom. The first-order chi connectivity index (χ1) is 11.0. The fourth-order valence-electron chi connectivity index (χ4n) is 5.83. The standard InChI is InChI=1S/C19H35N3O2/c1-13(21-22-16(20)23)7-8-15-18(4)11-6-10-17(2,3)14(18)9-12-19(15,5)24/h14-15,24H,6-12H2,1-5H3,(H3,20,22,23)/b21-13+/t14-,15+,18+,19+/m0/s1. The van der Waals surface area contributed by atoms with Crippen LogP contribution in [0.25, 0.3) is 0 Å². The molecule has 2 aliphatic carbocycles. The molecule has 2 fully saturated rings. The van der Waals surface area contributed by atoms with Crippen molar-refractivity contribution in [2.24, 2.45) is 33.5 Å².